The van der Waals surface area contributed by atoms with Crippen molar-refractivity contribution in [2.45, 2.75) is 13.8 Å². The van der Waals surface area contributed by atoms with Crippen molar-refractivity contribution in [3.63, 3.8) is 0 Å². The second-order valence-electron chi connectivity index (χ2n) is 3.44. The van der Waals surface area contributed by atoms with E-state index in [2.05, 4.69) is 24.3 Å². The molecule has 1 rings (SSSR count). The van der Waals surface area contributed by atoms with E-state index in [0.717, 1.165) is 11.6 Å². The molecule has 7 heteroatoms. The molecule has 0 radical (unpaired) electrons. The van der Waals surface area contributed by atoms with E-state index in [-0.39, 0.29) is 0 Å². The minimum absolute atomic E-state index is 0.350. The topological polar surface area (TPSA) is 42.8 Å². The number of methoxy groups -OCH3 is 1. The molecule has 0 bridgehead atoms. The zero-order valence-corrected chi connectivity index (χ0v) is 12.1. The van der Waals surface area contributed by atoms with E-state index in [1.54, 1.807) is 18.5 Å². The Bertz CT molecular complexity index is 319. The summed E-state index contributed by atoms with van der Waals surface area (Å²) < 4.78 is 4.99. The van der Waals surface area contributed by atoms with Gasteiger partial charge in [-0.05, 0) is 6.08 Å². The molecular formula is C9H16N2O2PS2+. The van der Waals surface area contributed by atoms with Crippen LogP contribution in [-0.4, -0.2) is 25.0 Å². The van der Waals surface area contributed by atoms with Crippen LogP contribution in [0.15, 0.2) is 17.0 Å². The van der Waals surface area contributed by atoms with Crippen LogP contribution in [0.25, 0.3) is 0 Å². The average molecular weight is 279 g/mol. The van der Waals surface area contributed by atoms with Gasteiger partial charge >= 0.3 is 0 Å². The van der Waals surface area contributed by atoms with Gasteiger partial charge in [-0.3, -0.25) is 0 Å². The van der Waals surface area contributed by atoms with Crippen molar-refractivity contribution in [3.8, 4) is 0 Å². The lowest BCUT2D eigenvalue weighted by Gasteiger charge is -2.01. The van der Waals surface area contributed by atoms with Crippen molar-refractivity contribution in [3.05, 3.63) is 12.0 Å². The fraction of sp³-hybridized carbons (Fsp3) is 0.667. The standard InChI is InChI=1S/C9H16N2O2PS2/c1-7(2)9-10-8(13-11-9)4-5-16-14(15)6-12-3/h4,7H,5-6H2,1-3H3,(H,10,11)/q+1. The summed E-state index contributed by atoms with van der Waals surface area (Å²) in [4.78, 5) is 9.51. The molecule has 0 saturated carbocycles. The quantitative estimate of drug-likeness (QED) is 0.757. The summed E-state index contributed by atoms with van der Waals surface area (Å²) in [7, 11) is 1.67. The Hall–Kier alpha value is -0.160. The third kappa shape index (κ3) is 4.78. The number of amidine groups is 1. The average Bonchev–Trinajstić information content (AvgIpc) is 2.67. The Morgan fingerprint density at radius 1 is 1.69 bits per heavy atom. The highest BCUT2D eigenvalue weighted by Gasteiger charge is 2.15. The molecule has 0 aromatic rings. The van der Waals surface area contributed by atoms with Crippen LogP contribution in [0.5, 0.6) is 0 Å². The Balaban J connectivity index is 2.34. The number of ether oxygens (including phenoxy) is 1. The molecule has 0 saturated heterocycles. The van der Waals surface area contributed by atoms with Crippen molar-refractivity contribution in [2.24, 2.45) is 10.9 Å². The fourth-order valence-corrected chi connectivity index (χ4v) is 3.73. The predicted molar refractivity (Wildman–Crippen MR) is 73.2 cm³/mol. The number of nitrogens with one attached hydrogen (secondary N) is 1. The maximum Gasteiger partial charge on any atom is 0.273 e. The third-order valence-electron chi connectivity index (χ3n) is 1.75. The van der Waals surface area contributed by atoms with Gasteiger partial charge in [0.1, 0.15) is 5.84 Å². The summed E-state index contributed by atoms with van der Waals surface area (Å²) in [6, 6.07) is 0. The molecule has 1 atom stereocenters. The van der Waals surface area contributed by atoms with Gasteiger partial charge in [-0.25, -0.2) is 5.48 Å². The van der Waals surface area contributed by atoms with Crippen LogP contribution in [-0.2, 0) is 21.4 Å². The van der Waals surface area contributed by atoms with Crippen LogP contribution in [0.1, 0.15) is 13.8 Å². The smallest absolute Gasteiger partial charge is 0.273 e. The van der Waals surface area contributed by atoms with Gasteiger partial charge in [-0.2, -0.15) is 4.99 Å². The van der Waals surface area contributed by atoms with Gasteiger partial charge < -0.3 is 9.57 Å². The highest BCUT2D eigenvalue weighted by atomic mass is 32.9. The van der Waals surface area contributed by atoms with Gasteiger partial charge in [0.2, 0.25) is 12.2 Å². The van der Waals surface area contributed by atoms with E-state index < -0.39 is 5.90 Å². The number of hydrogen-bond donors (Lipinski definition) is 1. The van der Waals surface area contributed by atoms with Gasteiger partial charge in [0.25, 0.3) is 5.90 Å². The van der Waals surface area contributed by atoms with Crippen LogP contribution in [0.3, 0.4) is 0 Å². The minimum atomic E-state index is -0.516. The van der Waals surface area contributed by atoms with Crippen molar-refractivity contribution in [1.29, 1.82) is 0 Å². The van der Waals surface area contributed by atoms with Crippen LogP contribution in [0.2, 0.25) is 0 Å². The number of hydrogen-bond acceptors (Lipinski definition) is 6. The van der Waals surface area contributed by atoms with Crippen molar-refractivity contribution >= 4 is 34.9 Å². The van der Waals surface area contributed by atoms with Gasteiger partial charge in [-0.15, -0.1) is 0 Å². The van der Waals surface area contributed by atoms with E-state index >= 15 is 0 Å². The molecule has 1 unspecified atom stereocenters. The summed E-state index contributed by atoms with van der Waals surface area (Å²) in [5, 5.41) is 0. The van der Waals surface area contributed by atoms with Crippen LogP contribution >= 0.6 is 17.3 Å². The first-order chi connectivity index (χ1) is 7.63. The summed E-state index contributed by atoms with van der Waals surface area (Å²) in [6.07, 6.45) is 2.59. The van der Waals surface area contributed by atoms with Gasteiger partial charge in [-0.1, -0.05) is 13.8 Å². The molecule has 1 aliphatic rings. The lowest BCUT2D eigenvalue weighted by Crippen LogP contribution is -2.21. The molecule has 0 spiro atoms. The number of hydroxylamine groups is 1. The summed E-state index contributed by atoms with van der Waals surface area (Å²) in [6.45, 7) is 4.13. The summed E-state index contributed by atoms with van der Waals surface area (Å²) in [5.74, 6) is 2.15. The van der Waals surface area contributed by atoms with Crippen LogP contribution < -0.4 is 5.48 Å². The fourth-order valence-electron chi connectivity index (χ4n) is 0.938. The first-order valence-electron chi connectivity index (χ1n) is 4.91. The molecule has 1 N–H and O–H groups in total. The van der Waals surface area contributed by atoms with E-state index in [0.29, 0.717) is 18.1 Å². The SMILES string of the molecule is COC[P+](=S)SCC=C1N=C(C(C)C)NO1. The normalized spacial score (nSPS) is 18.4. The highest BCUT2D eigenvalue weighted by molar-refractivity contribution is 8.64. The second kappa shape index (κ2) is 7.22. The zero-order chi connectivity index (χ0) is 12.0. The van der Waals surface area contributed by atoms with Crippen molar-refractivity contribution < 1.29 is 9.57 Å². The molecule has 4 nitrogen and oxygen atoms in total. The largest absolute Gasteiger partial charge is 0.361 e. The highest BCUT2D eigenvalue weighted by Crippen LogP contribution is 2.37. The van der Waals surface area contributed by atoms with Gasteiger partial charge in [0.05, 0.1) is 17.1 Å². The van der Waals surface area contributed by atoms with Crippen molar-refractivity contribution in [1.82, 2.24) is 5.48 Å². The molecule has 0 aromatic carbocycles. The molecule has 1 aliphatic heterocycles. The second-order valence-corrected chi connectivity index (χ2v) is 9.07. The first kappa shape index (κ1) is 13.9. The number of nitrogens with zero attached hydrogens (tertiary/aromatic N) is 1. The molecule has 0 fully saturated rings. The monoisotopic (exact) mass is 279 g/mol. The Morgan fingerprint density at radius 2 is 2.44 bits per heavy atom. The number of rotatable bonds is 6. The molecule has 1 heterocycles. The van der Waals surface area contributed by atoms with E-state index in [1.165, 1.54) is 0 Å². The number of aliphatic imine (C=N–C) groups is 1. The Kier molecular flexibility index (Phi) is 6.28. The zero-order valence-electron chi connectivity index (χ0n) is 9.60. The maximum atomic E-state index is 5.22. The van der Waals surface area contributed by atoms with E-state index in [1.807, 2.05) is 6.08 Å². The maximum absolute atomic E-state index is 5.22. The van der Waals surface area contributed by atoms with Crippen LogP contribution in [0, 0.1) is 5.92 Å². The minimum Gasteiger partial charge on any atom is -0.361 e. The summed E-state index contributed by atoms with van der Waals surface area (Å²) in [5.41, 5.74) is 2.80. The first-order valence-corrected chi connectivity index (χ1v) is 9.04. The summed E-state index contributed by atoms with van der Waals surface area (Å²) >= 11 is 6.92. The molecule has 0 aromatic heterocycles. The Morgan fingerprint density at radius 3 is 3.00 bits per heavy atom. The molecular weight excluding hydrogens is 263 g/mol. The van der Waals surface area contributed by atoms with Crippen molar-refractivity contribution in [2.75, 3.05) is 19.2 Å². The molecule has 0 aliphatic carbocycles. The molecule has 90 valence electrons. The lowest BCUT2D eigenvalue weighted by atomic mass is 10.2. The third-order valence-corrected chi connectivity index (χ3v) is 5.71. The van der Waals surface area contributed by atoms with E-state index in [9.17, 15) is 0 Å². The van der Waals surface area contributed by atoms with Gasteiger partial charge in [0.15, 0.2) is 11.8 Å². The van der Waals surface area contributed by atoms with Gasteiger partial charge in [0, 0.05) is 13.0 Å². The molecule has 16 heavy (non-hydrogen) atoms. The van der Waals surface area contributed by atoms with Crippen LogP contribution in [0.4, 0.5) is 0 Å². The van der Waals surface area contributed by atoms with E-state index in [4.69, 9.17) is 21.4 Å². The predicted octanol–water partition coefficient (Wildman–Crippen LogP) is 2.61. The molecule has 0 amide bonds. The Labute approximate surface area is 106 Å². The lowest BCUT2D eigenvalue weighted by molar-refractivity contribution is 0.174.